The van der Waals surface area contributed by atoms with Crippen LogP contribution in [-0.4, -0.2) is 0 Å². The average Bonchev–Trinajstić information content (AvgIpc) is 2.75. The molecule has 0 bridgehead atoms. The van der Waals surface area contributed by atoms with E-state index in [0.717, 1.165) is 0 Å². The van der Waals surface area contributed by atoms with Crippen molar-refractivity contribution in [3.8, 4) is 12.3 Å². The lowest BCUT2D eigenvalue weighted by Crippen LogP contribution is -1.62. The van der Waals surface area contributed by atoms with Crippen molar-refractivity contribution in [1.82, 2.24) is 0 Å². The number of terminal acetylenes is 1. The van der Waals surface area contributed by atoms with E-state index in [0.29, 0.717) is 0 Å². The lowest BCUT2D eigenvalue weighted by Gasteiger charge is -1.82. The van der Waals surface area contributed by atoms with E-state index in [1.807, 2.05) is 100 Å². The Hall–Kier alpha value is -2.78. The smallest absolute Gasteiger partial charge is 0.00297 e. The number of rotatable bonds is 0. The van der Waals surface area contributed by atoms with E-state index in [-0.39, 0.29) is 0 Å². The molecule has 0 aliphatic carbocycles. The Labute approximate surface area is 169 Å². The Bertz CT molecular complexity index is 540. The third-order valence-electron chi connectivity index (χ3n) is 2.55. The van der Waals surface area contributed by atoms with Crippen LogP contribution in [0.3, 0.4) is 0 Å². The first-order valence-corrected chi connectivity index (χ1v) is 9.61. The van der Waals surface area contributed by atoms with Crippen molar-refractivity contribution in [2.45, 2.75) is 48.5 Å². The number of hydrogen-bond acceptors (Lipinski definition) is 0. The highest BCUT2D eigenvalue weighted by Crippen LogP contribution is 1.92. The van der Waals surface area contributed by atoms with E-state index in [4.69, 9.17) is 0 Å². The molecular formula is C27H38. The maximum atomic E-state index is 4.60. The van der Waals surface area contributed by atoms with Crippen LogP contribution in [0.4, 0.5) is 0 Å². The van der Waals surface area contributed by atoms with Crippen molar-refractivity contribution < 1.29 is 0 Å². The molecule has 3 aromatic rings. The van der Waals surface area contributed by atoms with E-state index in [2.05, 4.69) is 50.5 Å². The molecule has 0 nitrogen and oxygen atoms in total. The van der Waals surface area contributed by atoms with Crippen LogP contribution in [0.25, 0.3) is 0 Å². The lowest BCUT2D eigenvalue weighted by atomic mass is 10.2. The molecular weight excluding hydrogens is 324 g/mol. The normalized spacial score (nSPS) is 7.04. The molecule has 0 amide bonds. The van der Waals surface area contributed by atoms with Crippen LogP contribution in [0.5, 0.6) is 0 Å². The van der Waals surface area contributed by atoms with Crippen LogP contribution in [0.1, 0.15) is 45.7 Å². The van der Waals surface area contributed by atoms with Gasteiger partial charge in [-0.2, -0.15) is 0 Å². The maximum absolute atomic E-state index is 4.60. The zero-order chi connectivity index (χ0) is 21.2. The van der Waals surface area contributed by atoms with Crippen molar-refractivity contribution >= 4 is 0 Å². The second kappa shape index (κ2) is 28.0. The molecule has 0 aromatic heterocycles. The van der Waals surface area contributed by atoms with Gasteiger partial charge in [0.2, 0.25) is 0 Å². The van der Waals surface area contributed by atoms with Gasteiger partial charge in [-0.1, -0.05) is 136 Å². The summed E-state index contributed by atoms with van der Waals surface area (Å²) in [6.45, 7) is 13.8. The van der Waals surface area contributed by atoms with Gasteiger partial charge in [0, 0.05) is 0 Å². The Morgan fingerprint density at radius 1 is 0.481 bits per heavy atom. The standard InChI is InChI=1S/2C7H8.C6H6.C3H4.2C2H6/c2*1-7-5-3-2-4-6-7;1-2-4-6-5-3-1;1-3-2;2*1-2/h2*2-6H,1H3;1-6H;1H,2H3;2*1-2H3. The fourth-order valence-electron chi connectivity index (χ4n) is 1.45. The van der Waals surface area contributed by atoms with Crippen LogP contribution in [0.15, 0.2) is 97.1 Å². The summed E-state index contributed by atoms with van der Waals surface area (Å²) in [6.07, 6.45) is 4.60. The molecule has 0 fully saturated rings. The highest BCUT2D eigenvalue weighted by atomic mass is 13.8. The van der Waals surface area contributed by atoms with Gasteiger partial charge in [-0.25, -0.2) is 0 Å². The SMILES string of the molecule is C#CC.CC.CC.Cc1ccccc1.Cc1ccccc1.c1ccccc1. The number of hydrogen-bond donors (Lipinski definition) is 0. The molecule has 0 radical (unpaired) electrons. The van der Waals surface area contributed by atoms with Gasteiger partial charge >= 0.3 is 0 Å². The van der Waals surface area contributed by atoms with Crippen LogP contribution >= 0.6 is 0 Å². The molecule has 146 valence electrons. The van der Waals surface area contributed by atoms with Crippen molar-refractivity contribution in [3.05, 3.63) is 108 Å². The zero-order valence-electron chi connectivity index (χ0n) is 18.3. The van der Waals surface area contributed by atoms with Crippen LogP contribution in [0.2, 0.25) is 0 Å². The molecule has 27 heavy (non-hydrogen) atoms. The molecule has 0 spiro atoms. The van der Waals surface area contributed by atoms with Crippen LogP contribution < -0.4 is 0 Å². The summed E-state index contributed by atoms with van der Waals surface area (Å²) < 4.78 is 0. The molecule has 0 unspecified atom stereocenters. The summed E-state index contributed by atoms with van der Waals surface area (Å²) in [7, 11) is 0. The second-order valence-corrected chi connectivity index (χ2v) is 4.75. The van der Waals surface area contributed by atoms with Crippen molar-refractivity contribution in [2.24, 2.45) is 0 Å². The van der Waals surface area contributed by atoms with Crippen LogP contribution in [0, 0.1) is 26.2 Å². The van der Waals surface area contributed by atoms with Gasteiger partial charge in [0.1, 0.15) is 0 Å². The minimum absolute atomic E-state index is 1.32. The molecule has 0 N–H and O–H groups in total. The van der Waals surface area contributed by atoms with Crippen molar-refractivity contribution in [1.29, 1.82) is 0 Å². The Morgan fingerprint density at radius 3 is 0.741 bits per heavy atom. The predicted octanol–water partition coefficient (Wildman–Crippen LogP) is 8.37. The van der Waals surface area contributed by atoms with Gasteiger partial charge in [0.25, 0.3) is 0 Å². The van der Waals surface area contributed by atoms with Crippen molar-refractivity contribution in [2.75, 3.05) is 0 Å². The third kappa shape index (κ3) is 28.3. The Balaban J connectivity index is -0.000000276. The quantitative estimate of drug-likeness (QED) is 0.352. The fourth-order valence-corrected chi connectivity index (χ4v) is 1.45. The summed E-state index contributed by atoms with van der Waals surface area (Å²) in [4.78, 5) is 0. The molecule has 0 heteroatoms. The summed E-state index contributed by atoms with van der Waals surface area (Å²) in [5.74, 6) is 2.25. The van der Waals surface area contributed by atoms with Gasteiger partial charge in [-0.05, 0) is 20.8 Å². The summed E-state index contributed by atoms with van der Waals surface area (Å²) in [5.41, 5.74) is 2.64. The molecule has 0 atom stereocenters. The van der Waals surface area contributed by atoms with Gasteiger partial charge in [-0.3, -0.25) is 0 Å². The van der Waals surface area contributed by atoms with E-state index < -0.39 is 0 Å². The minimum atomic E-state index is 1.32. The minimum Gasteiger partial charge on any atom is -0.120 e. The first-order valence-electron chi connectivity index (χ1n) is 9.61. The van der Waals surface area contributed by atoms with Gasteiger partial charge in [0.05, 0.1) is 0 Å². The first kappa shape index (κ1) is 29.0. The first-order chi connectivity index (χ1) is 13.2. The van der Waals surface area contributed by atoms with Gasteiger partial charge in [-0.15, -0.1) is 12.3 Å². The highest BCUT2D eigenvalue weighted by Gasteiger charge is 1.72. The summed E-state index contributed by atoms with van der Waals surface area (Å²) in [6, 6.07) is 32.5. The fraction of sp³-hybridized carbons (Fsp3) is 0.259. The van der Waals surface area contributed by atoms with E-state index in [1.165, 1.54) is 11.1 Å². The number of benzene rings is 3. The molecule has 3 aromatic carbocycles. The largest absolute Gasteiger partial charge is 0.120 e. The second-order valence-electron chi connectivity index (χ2n) is 4.75. The average molecular weight is 363 g/mol. The lowest BCUT2D eigenvalue weighted by molar-refractivity contribution is 1.48. The topological polar surface area (TPSA) is 0 Å². The maximum Gasteiger partial charge on any atom is -0.00297 e. The van der Waals surface area contributed by atoms with Gasteiger partial charge in [0.15, 0.2) is 0 Å². The summed E-state index contributed by atoms with van der Waals surface area (Å²) in [5, 5.41) is 0. The monoisotopic (exact) mass is 362 g/mol. The number of aryl methyl sites for hydroxylation is 2. The molecule has 0 aliphatic heterocycles. The molecule has 3 rings (SSSR count). The van der Waals surface area contributed by atoms with Crippen LogP contribution in [-0.2, 0) is 0 Å². The van der Waals surface area contributed by atoms with Gasteiger partial charge < -0.3 is 0 Å². The van der Waals surface area contributed by atoms with E-state index in [9.17, 15) is 0 Å². The molecule has 0 saturated carbocycles. The molecule has 0 saturated heterocycles. The van der Waals surface area contributed by atoms with Crippen molar-refractivity contribution in [3.63, 3.8) is 0 Å². The molecule has 0 heterocycles. The Kier molecular flexibility index (Phi) is 30.1. The highest BCUT2D eigenvalue weighted by molar-refractivity contribution is 5.12. The predicted molar refractivity (Wildman–Crippen MR) is 126 cm³/mol. The summed E-state index contributed by atoms with van der Waals surface area (Å²) >= 11 is 0. The van der Waals surface area contributed by atoms with E-state index in [1.54, 1.807) is 6.92 Å². The third-order valence-corrected chi connectivity index (χ3v) is 2.55. The van der Waals surface area contributed by atoms with E-state index >= 15 is 0 Å². The Morgan fingerprint density at radius 2 is 0.630 bits per heavy atom. The molecule has 0 aliphatic rings. The zero-order valence-corrected chi connectivity index (χ0v) is 18.3.